The van der Waals surface area contributed by atoms with Crippen molar-refractivity contribution in [3.63, 3.8) is 0 Å². The van der Waals surface area contributed by atoms with Gasteiger partial charge in [0.05, 0.1) is 0 Å². The molecule has 1 amide bonds. The van der Waals surface area contributed by atoms with Gasteiger partial charge < -0.3 is 5.32 Å². The van der Waals surface area contributed by atoms with Crippen molar-refractivity contribution in [3.05, 3.63) is 24.5 Å². The average molecular weight is 195 g/mol. The fraction of sp³-hybridized carbons (Fsp3) is 0.500. The summed E-state index contributed by atoms with van der Waals surface area (Å²) in [6, 6.07) is 3.96. The molecule has 1 aromatic heterocycles. The van der Waals surface area contributed by atoms with E-state index in [1.54, 1.807) is 17.1 Å². The van der Waals surface area contributed by atoms with Gasteiger partial charge >= 0.3 is 0 Å². The summed E-state index contributed by atoms with van der Waals surface area (Å²) in [7, 11) is 0. The molecule has 1 unspecified atom stereocenters. The molecule has 0 saturated carbocycles. The number of carbonyl (C=O) groups is 1. The summed E-state index contributed by atoms with van der Waals surface area (Å²) in [6.45, 7) is 4.91. The second kappa shape index (κ2) is 5.44. The maximum Gasteiger partial charge on any atom is 0.240 e. The van der Waals surface area contributed by atoms with E-state index in [1.165, 1.54) is 0 Å². The summed E-state index contributed by atoms with van der Waals surface area (Å²) < 4.78 is 1.65. The van der Waals surface area contributed by atoms with Crippen molar-refractivity contribution in [1.82, 2.24) is 9.99 Å². The summed E-state index contributed by atoms with van der Waals surface area (Å²) in [6.07, 6.45) is 4.09. The van der Waals surface area contributed by atoms with E-state index < -0.39 is 0 Å². The quantitative estimate of drug-likeness (QED) is 0.734. The van der Waals surface area contributed by atoms with Crippen LogP contribution in [0.15, 0.2) is 24.5 Å². The second-order valence-electron chi connectivity index (χ2n) is 3.29. The van der Waals surface area contributed by atoms with Crippen molar-refractivity contribution >= 4 is 5.91 Å². The molecule has 0 aliphatic carbocycles. The SMILES string of the molecule is CCNC(C)CC(=O)Nn1cccc1. The van der Waals surface area contributed by atoms with Gasteiger partial charge in [-0.1, -0.05) is 6.92 Å². The Hall–Kier alpha value is -1.29. The highest BCUT2D eigenvalue weighted by molar-refractivity contribution is 5.84. The van der Waals surface area contributed by atoms with Gasteiger partial charge in [0, 0.05) is 24.9 Å². The minimum Gasteiger partial charge on any atom is -0.314 e. The lowest BCUT2D eigenvalue weighted by atomic mass is 10.2. The average Bonchev–Trinajstić information content (AvgIpc) is 2.56. The van der Waals surface area contributed by atoms with Crippen LogP contribution >= 0.6 is 0 Å². The largest absolute Gasteiger partial charge is 0.314 e. The topological polar surface area (TPSA) is 46.1 Å². The Labute approximate surface area is 84.3 Å². The van der Waals surface area contributed by atoms with Crippen molar-refractivity contribution in [2.24, 2.45) is 0 Å². The highest BCUT2D eigenvalue weighted by Gasteiger charge is 2.06. The van der Waals surface area contributed by atoms with Gasteiger partial charge in [0.1, 0.15) is 0 Å². The predicted molar refractivity (Wildman–Crippen MR) is 56.6 cm³/mol. The van der Waals surface area contributed by atoms with Crippen LogP contribution in [0.25, 0.3) is 0 Å². The van der Waals surface area contributed by atoms with Gasteiger partial charge in [-0.2, -0.15) is 0 Å². The molecule has 0 radical (unpaired) electrons. The number of hydrogen-bond donors (Lipinski definition) is 2. The standard InChI is InChI=1S/C10H17N3O/c1-3-11-9(2)8-10(14)12-13-6-4-5-7-13/h4-7,9,11H,3,8H2,1-2H3,(H,12,14). The lowest BCUT2D eigenvalue weighted by molar-refractivity contribution is -0.117. The third kappa shape index (κ3) is 3.62. The van der Waals surface area contributed by atoms with Crippen LogP contribution in [0, 0.1) is 0 Å². The fourth-order valence-electron chi connectivity index (χ4n) is 1.30. The van der Waals surface area contributed by atoms with Crippen molar-refractivity contribution < 1.29 is 4.79 Å². The Morgan fingerprint density at radius 2 is 2.07 bits per heavy atom. The molecule has 0 fully saturated rings. The molecule has 0 aliphatic rings. The Balaban J connectivity index is 2.29. The normalized spacial score (nSPS) is 12.4. The summed E-state index contributed by atoms with van der Waals surface area (Å²) in [5, 5.41) is 3.19. The monoisotopic (exact) mass is 195 g/mol. The second-order valence-corrected chi connectivity index (χ2v) is 3.29. The van der Waals surface area contributed by atoms with Gasteiger partial charge in [0.2, 0.25) is 5.91 Å². The number of nitrogens with zero attached hydrogens (tertiary/aromatic N) is 1. The van der Waals surface area contributed by atoms with Gasteiger partial charge in [0.25, 0.3) is 0 Å². The molecular formula is C10H17N3O. The molecule has 1 heterocycles. The zero-order valence-electron chi connectivity index (χ0n) is 8.66. The van der Waals surface area contributed by atoms with E-state index in [9.17, 15) is 4.79 Å². The third-order valence-electron chi connectivity index (χ3n) is 1.90. The van der Waals surface area contributed by atoms with Crippen LogP contribution in [0.2, 0.25) is 0 Å². The molecule has 0 aliphatic heterocycles. The first-order valence-electron chi connectivity index (χ1n) is 4.88. The molecule has 4 heteroatoms. The maximum absolute atomic E-state index is 11.4. The Morgan fingerprint density at radius 1 is 1.43 bits per heavy atom. The first kappa shape index (κ1) is 10.8. The number of hydrogen-bond acceptors (Lipinski definition) is 2. The van der Waals surface area contributed by atoms with Crippen LogP contribution in [-0.4, -0.2) is 23.2 Å². The maximum atomic E-state index is 11.4. The first-order chi connectivity index (χ1) is 6.72. The van der Waals surface area contributed by atoms with Crippen molar-refractivity contribution in [1.29, 1.82) is 0 Å². The van der Waals surface area contributed by atoms with Gasteiger partial charge in [0.15, 0.2) is 0 Å². The van der Waals surface area contributed by atoms with Crippen molar-refractivity contribution in [2.75, 3.05) is 12.0 Å². The van der Waals surface area contributed by atoms with Gasteiger partial charge in [-0.05, 0) is 25.6 Å². The molecule has 0 aromatic carbocycles. The first-order valence-corrected chi connectivity index (χ1v) is 4.88. The van der Waals surface area contributed by atoms with E-state index in [4.69, 9.17) is 0 Å². The summed E-state index contributed by atoms with van der Waals surface area (Å²) in [5.74, 6) is 0.0228. The molecule has 0 spiro atoms. The Bertz CT molecular complexity index is 269. The van der Waals surface area contributed by atoms with Crippen LogP contribution in [0.4, 0.5) is 0 Å². The van der Waals surface area contributed by atoms with Crippen LogP contribution in [0.5, 0.6) is 0 Å². The van der Waals surface area contributed by atoms with Crippen LogP contribution in [-0.2, 0) is 4.79 Å². The van der Waals surface area contributed by atoms with Gasteiger partial charge in [-0.3, -0.25) is 14.9 Å². The number of rotatable bonds is 5. The molecule has 4 nitrogen and oxygen atoms in total. The number of aromatic nitrogens is 1. The van der Waals surface area contributed by atoms with Crippen LogP contribution < -0.4 is 10.7 Å². The molecule has 1 atom stereocenters. The molecule has 1 rings (SSSR count). The lowest BCUT2D eigenvalue weighted by Gasteiger charge is -2.12. The van der Waals surface area contributed by atoms with E-state index in [0.717, 1.165) is 6.54 Å². The summed E-state index contributed by atoms with van der Waals surface area (Å²) >= 11 is 0. The van der Waals surface area contributed by atoms with E-state index in [-0.39, 0.29) is 11.9 Å². The molecule has 0 saturated heterocycles. The van der Waals surface area contributed by atoms with Crippen LogP contribution in [0.1, 0.15) is 20.3 Å². The number of nitrogens with one attached hydrogen (secondary N) is 2. The number of amides is 1. The zero-order valence-corrected chi connectivity index (χ0v) is 8.66. The Kier molecular flexibility index (Phi) is 4.19. The third-order valence-corrected chi connectivity index (χ3v) is 1.90. The molecule has 2 N–H and O–H groups in total. The summed E-state index contributed by atoms with van der Waals surface area (Å²) in [5.41, 5.74) is 2.75. The molecule has 78 valence electrons. The van der Waals surface area contributed by atoms with E-state index in [2.05, 4.69) is 10.7 Å². The smallest absolute Gasteiger partial charge is 0.240 e. The highest BCUT2D eigenvalue weighted by atomic mass is 16.2. The molecule has 14 heavy (non-hydrogen) atoms. The van der Waals surface area contributed by atoms with Gasteiger partial charge in [-0.25, -0.2) is 0 Å². The predicted octanol–water partition coefficient (Wildman–Crippen LogP) is 0.946. The minimum atomic E-state index is 0.0228. The zero-order chi connectivity index (χ0) is 10.4. The van der Waals surface area contributed by atoms with Crippen molar-refractivity contribution in [2.45, 2.75) is 26.3 Å². The fourth-order valence-corrected chi connectivity index (χ4v) is 1.30. The summed E-state index contributed by atoms with van der Waals surface area (Å²) in [4.78, 5) is 11.4. The Morgan fingerprint density at radius 3 is 2.64 bits per heavy atom. The van der Waals surface area contributed by atoms with E-state index in [1.807, 2.05) is 26.0 Å². The van der Waals surface area contributed by atoms with Crippen molar-refractivity contribution in [3.8, 4) is 0 Å². The number of carbonyl (C=O) groups excluding carboxylic acids is 1. The highest BCUT2D eigenvalue weighted by Crippen LogP contribution is 1.92. The van der Waals surface area contributed by atoms with E-state index in [0.29, 0.717) is 6.42 Å². The molecule has 1 aromatic rings. The lowest BCUT2D eigenvalue weighted by Crippen LogP contribution is -2.32. The minimum absolute atomic E-state index is 0.0228. The molecular weight excluding hydrogens is 178 g/mol. The van der Waals surface area contributed by atoms with E-state index >= 15 is 0 Å². The van der Waals surface area contributed by atoms with Crippen LogP contribution in [0.3, 0.4) is 0 Å². The van der Waals surface area contributed by atoms with Gasteiger partial charge in [-0.15, -0.1) is 0 Å². The molecule has 0 bridgehead atoms.